The maximum Gasteiger partial charge on any atom is 0.289 e. The van der Waals surface area contributed by atoms with Gasteiger partial charge in [0.15, 0.2) is 0 Å². The molecule has 0 aliphatic carbocycles. The van der Waals surface area contributed by atoms with Crippen molar-refractivity contribution in [2.24, 2.45) is 0 Å². The van der Waals surface area contributed by atoms with E-state index in [1.165, 1.54) is 26.4 Å². The molecule has 0 bridgehead atoms. The lowest BCUT2D eigenvalue weighted by atomic mass is 10.2. The molecule has 1 aromatic carbocycles. The van der Waals surface area contributed by atoms with Gasteiger partial charge in [-0.15, -0.1) is 0 Å². The summed E-state index contributed by atoms with van der Waals surface area (Å²) in [4.78, 5) is 12.1. The van der Waals surface area contributed by atoms with Gasteiger partial charge in [-0.3, -0.25) is 4.79 Å². The molecule has 0 radical (unpaired) electrons. The van der Waals surface area contributed by atoms with Crippen LogP contribution in [0, 0.1) is 0 Å². The highest BCUT2D eigenvalue weighted by Gasteiger charge is 2.21. The number of nitrogens with zero attached hydrogens (tertiary/aromatic N) is 1. The van der Waals surface area contributed by atoms with E-state index in [-0.39, 0.29) is 17.2 Å². The van der Waals surface area contributed by atoms with Crippen molar-refractivity contribution >= 4 is 15.9 Å². The lowest BCUT2D eigenvalue weighted by Crippen LogP contribution is -2.29. The van der Waals surface area contributed by atoms with Crippen LogP contribution in [0.3, 0.4) is 0 Å². The Kier molecular flexibility index (Phi) is 5.04. The summed E-state index contributed by atoms with van der Waals surface area (Å²) in [6.45, 7) is 0.786. The summed E-state index contributed by atoms with van der Waals surface area (Å²) in [6.07, 6.45) is 1.25. The summed E-state index contributed by atoms with van der Waals surface area (Å²) in [7, 11) is -0.647. The van der Waals surface area contributed by atoms with E-state index in [0.717, 1.165) is 4.31 Å². The Bertz CT molecular complexity index is 682. The van der Waals surface area contributed by atoms with E-state index in [0.29, 0.717) is 18.8 Å². The van der Waals surface area contributed by atoms with Gasteiger partial charge >= 0.3 is 0 Å². The number of carbonyl (C=O) groups excluding carboxylic acids is 1. The van der Waals surface area contributed by atoms with Crippen LogP contribution in [0.2, 0.25) is 0 Å². The maximum absolute atomic E-state index is 12.3. The first-order chi connectivity index (χ1) is 10.4. The lowest BCUT2D eigenvalue weighted by Gasteiger charge is -2.17. The molecule has 2 rings (SSSR count). The largest absolute Gasteiger partial charge is 0.494 e. The quantitative estimate of drug-likeness (QED) is 0.849. The first-order valence-corrected chi connectivity index (χ1v) is 8.10. The van der Waals surface area contributed by atoms with Gasteiger partial charge in [0.25, 0.3) is 5.91 Å². The third-order valence-corrected chi connectivity index (χ3v) is 4.96. The van der Waals surface area contributed by atoms with E-state index in [1.54, 1.807) is 18.2 Å². The molecule has 0 saturated heterocycles. The van der Waals surface area contributed by atoms with Crippen LogP contribution in [0.15, 0.2) is 41.2 Å². The molecule has 120 valence electrons. The van der Waals surface area contributed by atoms with Crippen LogP contribution >= 0.6 is 0 Å². The first kappa shape index (κ1) is 16.3. The highest BCUT2D eigenvalue weighted by Crippen LogP contribution is 2.18. The van der Waals surface area contributed by atoms with Crippen LogP contribution in [-0.4, -0.2) is 45.9 Å². The molecule has 0 atom stereocenters. The average Bonchev–Trinajstić information content (AvgIpc) is 2.53. The molecule has 0 saturated carbocycles. The van der Waals surface area contributed by atoms with Gasteiger partial charge in [0.05, 0.1) is 4.90 Å². The number of sulfonamides is 1. The molecule has 1 amide bonds. The predicted octanol–water partition coefficient (Wildman–Crippen LogP) is 0.441. The fraction of sp³-hybridized carbons (Fsp3) is 0.357. The summed E-state index contributed by atoms with van der Waals surface area (Å²) in [5.41, 5.74) is 0.502. The van der Waals surface area contributed by atoms with Gasteiger partial charge in [-0.1, -0.05) is 18.2 Å². The molecule has 0 spiro atoms. The molecule has 8 heteroatoms. The molecular formula is C14H18N2O5S. The third-order valence-electron chi connectivity index (χ3n) is 3.04. The normalized spacial score (nSPS) is 14.8. The average molecular weight is 326 g/mol. The Labute approximate surface area is 129 Å². The van der Waals surface area contributed by atoms with Crippen LogP contribution in [0.5, 0.6) is 0 Å². The Hall–Kier alpha value is -2.06. The van der Waals surface area contributed by atoms with E-state index < -0.39 is 15.9 Å². The number of ether oxygens (including phenoxy) is 2. The van der Waals surface area contributed by atoms with Crippen molar-refractivity contribution in [2.45, 2.75) is 11.4 Å². The van der Waals surface area contributed by atoms with Crippen molar-refractivity contribution in [2.75, 3.05) is 27.3 Å². The van der Waals surface area contributed by atoms with Gasteiger partial charge in [-0.05, 0) is 11.6 Å². The van der Waals surface area contributed by atoms with Crippen molar-refractivity contribution in [1.29, 1.82) is 0 Å². The molecule has 1 heterocycles. The van der Waals surface area contributed by atoms with Gasteiger partial charge in [-0.25, -0.2) is 12.7 Å². The second-order valence-electron chi connectivity index (χ2n) is 4.78. The van der Waals surface area contributed by atoms with Crippen LogP contribution in [0.1, 0.15) is 5.56 Å². The van der Waals surface area contributed by atoms with Crippen molar-refractivity contribution in [3.05, 3.63) is 41.9 Å². The zero-order chi connectivity index (χ0) is 16.2. The molecule has 0 fully saturated rings. The number of carbonyl (C=O) groups is 1. The molecule has 0 unspecified atom stereocenters. The topological polar surface area (TPSA) is 84.9 Å². The number of hydrogen-bond acceptors (Lipinski definition) is 5. The van der Waals surface area contributed by atoms with Crippen LogP contribution < -0.4 is 5.32 Å². The van der Waals surface area contributed by atoms with E-state index >= 15 is 0 Å². The number of nitrogens with one attached hydrogen (secondary N) is 1. The summed E-state index contributed by atoms with van der Waals surface area (Å²) in [6, 6.07) is 6.53. The van der Waals surface area contributed by atoms with Gasteiger partial charge in [0.1, 0.15) is 19.5 Å². The third kappa shape index (κ3) is 3.58. The summed E-state index contributed by atoms with van der Waals surface area (Å²) in [5.74, 6) is -0.365. The van der Waals surface area contributed by atoms with Crippen molar-refractivity contribution in [3.63, 3.8) is 0 Å². The SMILES string of the molecule is CN(C)S(=O)(=O)c1ccccc1CNC(=O)C1=COCCO1. The zero-order valence-electron chi connectivity index (χ0n) is 12.4. The lowest BCUT2D eigenvalue weighted by molar-refractivity contribution is -0.122. The molecule has 0 aromatic heterocycles. The van der Waals surface area contributed by atoms with Crippen molar-refractivity contribution in [1.82, 2.24) is 9.62 Å². The van der Waals surface area contributed by atoms with E-state index in [9.17, 15) is 13.2 Å². The molecule has 1 N–H and O–H groups in total. The highest BCUT2D eigenvalue weighted by atomic mass is 32.2. The summed E-state index contributed by atoms with van der Waals surface area (Å²) < 4.78 is 35.8. The van der Waals surface area contributed by atoms with Crippen LogP contribution in [-0.2, 0) is 30.8 Å². The van der Waals surface area contributed by atoms with Gasteiger partial charge in [0.2, 0.25) is 15.8 Å². The van der Waals surface area contributed by atoms with Crippen LogP contribution in [0.25, 0.3) is 0 Å². The number of hydrogen-bond donors (Lipinski definition) is 1. The standard InChI is InChI=1S/C14H18N2O5S/c1-16(2)22(18,19)13-6-4-3-5-11(13)9-15-14(17)12-10-20-7-8-21-12/h3-6,10H,7-9H2,1-2H3,(H,15,17). The van der Waals surface area contributed by atoms with Gasteiger partial charge < -0.3 is 14.8 Å². The Morgan fingerprint density at radius 1 is 1.27 bits per heavy atom. The highest BCUT2D eigenvalue weighted by molar-refractivity contribution is 7.89. The fourth-order valence-electron chi connectivity index (χ4n) is 1.85. The van der Waals surface area contributed by atoms with E-state index in [2.05, 4.69) is 5.32 Å². The number of benzene rings is 1. The zero-order valence-corrected chi connectivity index (χ0v) is 13.2. The maximum atomic E-state index is 12.3. The molecule has 1 aliphatic heterocycles. The number of amides is 1. The summed E-state index contributed by atoms with van der Waals surface area (Å²) in [5, 5.41) is 2.62. The van der Waals surface area contributed by atoms with E-state index in [4.69, 9.17) is 9.47 Å². The monoisotopic (exact) mass is 326 g/mol. The predicted molar refractivity (Wildman–Crippen MR) is 79.1 cm³/mol. The van der Waals surface area contributed by atoms with E-state index in [1.807, 2.05) is 0 Å². The smallest absolute Gasteiger partial charge is 0.289 e. The molecule has 22 heavy (non-hydrogen) atoms. The fourth-order valence-corrected chi connectivity index (χ4v) is 2.96. The Morgan fingerprint density at radius 3 is 2.64 bits per heavy atom. The van der Waals surface area contributed by atoms with Crippen molar-refractivity contribution < 1.29 is 22.7 Å². The Balaban J connectivity index is 2.14. The Morgan fingerprint density at radius 2 is 2.00 bits per heavy atom. The molecular weight excluding hydrogens is 308 g/mol. The van der Waals surface area contributed by atoms with Gasteiger partial charge in [-0.2, -0.15) is 0 Å². The molecule has 1 aromatic rings. The first-order valence-electron chi connectivity index (χ1n) is 6.66. The summed E-state index contributed by atoms with van der Waals surface area (Å²) >= 11 is 0. The second kappa shape index (κ2) is 6.80. The van der Waals surface area contributed by atoms with Crippen molar-refractivity contribution in [3.8, 4) is 0 Å². The second-order valence-corrected chi connectivity index (χ2v) is 6.90. The minimum atomic E-state index is -3.57. The molecule has 1 aliphatic rings. The van der Waals surface area contributed by atoms with Crippen LogP contribution in [0.4, 0.5) is 0 Å². The molecule has 7 nitrogen and oxygen atoms in total. The van der Waals surface area contributed by atoms with Gasteiger partial charge in [0, 0.05) is 20.6 Å². The number of rotatable bonds is 5. The minimum absolute atomic E-state index is 0.0722. The minimum Gasteiger partial charge on any atom is -0.494 e.